The fraction of sp³-hybridized carbons (Fsp3) is 0.462. The number of nitriles is 1. The van der Waals surface area contributed by atoms with Crippen LogP contribution in [0, 0.1) is 23.1 Å². The lowest BCUT2D eigenvalue weighted by Crippen LogP contribution is -2.39. The molecule has 1 saturated heterocycles. The number of alkyl halides is 3. The van der Waals surface area contributed by atoms with Crippen molar-refractivity contribution < 1.29 is 17.6 Å². The summed E-state index contributed by atoms with van der Waals surface area (Å²) in [7, 11) is 0. The van der Waals surface area contributed by atoms with Crippen LogP contribution < -0.4 is 4.90 Å². The normalized spacial score (nSPS) is 17.3. The zero-order chi connectivity index (χ0) is 14.0. The molecule has 0 radical (unpaired) electrons. The minimum absolute atomic E-state index is 0.00570. The Morgan fingerprint density at radius 2 is 1.84 bits per heavy atom. The van der Waals surface area contributed by atoms with E-state index in [4.69, 9.17) is 5.26 Å². The van der Waals surface area contributed by atoms with Gasteiger partial charge in [0, 0.05) is 13.1 Å². The summed E-state index contributed by atoms with van der Waals surface area (Å²) in [5.41, 5.74) is 0.662. The molecule has 0 amide bonds. The molecule has 6 heteroatoms. The number of nitrogens with zero attached hydrogens (tertiary/aromatic N) is 2. The largest absolute Gasteiger partial charge is 0.391 e. The molecule has 0 unspecified atom stereocenters. The predicted octanol–water partition coefficient (Wildman–Crippen LogP) is 3.48. The van der Waals surface area contributed by atoms with Crippen LogP contribution in [-0.4, -0.2) is 19.3 Å². The van der Waals surface area contributed by atoms with Crippen molar-refractivity contribution in [1.82, 2.24) is 0 Å². The van der Waals surface area contributed by atoms with Crippen LogP contribution in [0.3, 0.4) is 0 Å². The maximum atomic E-state index is 13.0. The minimum Gasteiger partial charge on any atom is -0.370 e. The lowest BCUT2D eigenvalue weighted by molar-refractivity contribution is -0.179. The zero-order valence-corrected chi connectivity index (χ0v) is 10.0. The standard InChI is InChI=1S/C13H12F4N2/c14-11-1-2-12(9(7-11)8-18)19-5-3-10(4-6-19)13(15,16)17/h1-2,7,10H,3-6H2. The van der Waals surface area contributed by atoms with Gasteiger partial charge in [-0.2, -0.15) is 18.4 Å². The first-order valence-electron chi connectivity index (χ1n) is 5.93. The number of hydrogen-bond acceptors (Lipinski definition) is 2. The van der Waals surface area contributed by atoms with E-state index in [9.17, 15) is 17.6 Å². The molecule has 0 aromatic heterocycles. The van der Waals surface area contributed by atoms with Gasteiger partial charge in [-0.15, -0.1) is 0 Å². The molecule has 102 valence electrons. The van der Waals surface area contributed by atoms with Gasteiger partial charge < -0.3 is 4.90 Å². The molecule has 1 aromatic rings. The third kappa shape index (κ3) is 2.98. The van der Waals surface area contributed by atoms with Gasteiger partial charge in [-0.25, -0.2) is 4.39 Å². The third-order valence-corrected chi connectivity index (χ3v) is 3.38. The summed E-state index contributed by atoms with van der Waals surface area (Å²) < 4.78 is 50.6. The summed E-state index contributed by atoms with van der Waals surface area (Å²) in [4.78, 5) is 1.71. The molecule has 1 aliphatic heterocycles. The average Bonchev–Trinajstić information content (AvgIpc) is 2.37. The van der Waals surface area contributed by atoms with Crippen molar-refractivity contribution in [3.05, 3.63) is 29.6 Å². The first-order chi connectivity index (χ1) is 8.91. The highest BCUT2D eigenvalue weighted by Gasteiger charge is 2.41. The van der Waals surface area contributed by atoms with Crippen LogP contribution in [0.4, 0.5) is 23.2 Å². The molecule has 0 saturated carbocycles. The van der Waals surface area contributed by atoms with E-state index in [0.717, 1.165) is 6.07 Å². The Labute approximate surface area is 108 Å². The van der Waals surface area contributed by atoms with Gasteiger partial charge in [-0.3, -0.25) is 0 Å². The number of hydrogen-bond donors (Lipinski definition) is 0. The fourth-order valence-electron chi connectivity index (χ4n) is 2.32. The van der Waals surface area contributed by atoms with E-state index in [1.165, 1.54) is 12.1 Å². The van der Waals surface area contributed by atoms with Gasteiger partial charge in [0.25, 0.3) is 0 Å². The van der Waals surface area contributed by atoms with Gasteiger partial charge in [-0.05, 0) is 31.0 Å². The second-order valence-corrected chi connectivity index (χ2v) is 4.58. The second-order valence-electron chi connectivity index (χ2n) is 4.58. The highest BCUT2D eigenvalue weighted by atomic mass is 19.4. The molecular weight excluding hydrogens is 260 g/mol. The highest BCUT2D eigenvalue weighted by molar-refractivity contribution is 5.59. The predicted molar refractivity (Wildman–Crippen MR) is 62.1 cm³/mol. The maximum Gasteiger partial charge on any atom is 0.391 e. The SMILES string of the molecule is N#Cc1cc(F)ccc1N1CCC(C(F)(F)F)CC1. The second kappa shape index (κ2) is 5.08. The van der Waals surface area contributed by atoms with Gasteiger partial charge in [0.2, 0.25) is 0 Å². The number of piperidine rings is 1. The molecule has 0 bridgehead atoms. The van der Waals surface area contributed by atoms with E-state index in [2.05, 4.69) is 0 Å². The molecule has 2 rings (SSSR count). The highest BCUT2D eigenvalue weighted by Crippen LogP contribution is 2.36. The number of halogens is 4. The Kier molecular flexibility index (Phi) is 3.65. The molecule has 1 heterocycles. The monoisotopic (exact) mass is 272 g/mol. The molecule has 1 fully saturated rings. The van der Waals surface area contributed by atoms with Crippen LogP contribution in [0.15, 0.2) is 18.2 Å². The van der Waals surface area contributed by atoms with Gasteiger partial charge >= 0.3 is 6.18 Å². The summed E-state index contributed by atoms with van der Waals surface area (Å²) in [5, 5.41) is 8.93. The van der Waals surface area contributed by atoms with E-state index in [1.54, 1.807) is 4.90 Å². The minimum atomic E-state index is -4.16. The van der Waals surface area contributed by atoms with Crippen LogP contribution >= 0.6 is 0 Å². The van der Waals surface area contributed by atoms with Gasteiger partial charge in [-0.1, -0.05) is 0 Å². The Morgan fingerprint density at radius 3 is 2.37 bits per heavy atom. The molecule has 0 aliphatic carbocycles. The molecule has 1 aromatic carbocycles. The summed E-state index contributed by atoms with van der Waals surface area (Å²) in [6, 6.07) is 5.63. The van der Waals surface area contributed by atoms with Crippen molar-refractivity contribution in [2.75, 3.05) is 18.0 Å². The van der Waals surface area contributed by atoms with Gasteiger partial charge in [0.15, 0.2) is 0 Å². The maximum absolute atomic E-state index is 13.0. The lowest BCUT2D eigenvalue weighted by Gasteiger charge is -2.34. The van der Waals surface area contributed by atoms with Crippen LogP contribution in [-0.2, 0) is 0 Å². The van der Waals surface area contributed by atoms with E-state index in [1.807, 2.05) is 6.07 Å². The third-order valence-electron chi connectivity index (χ3n) is 3.38. The van der Waals surface area contributed by atoms with Crippen LogP contribution in [0.2, 0.25) is 0 Å². The quantitative estimate of drug-likeness (QED) is 0.732. The molecule has 19 heavy (non-hydrogen) atoms. The van der Waals surface area contributed by atoms with Gasteiger partial charge in [0.1, 0.15) is 11.9 Å². The van der Waals surface area contributed by atoms with Crippen molar-refractivity contribution >= 4 is 5.69 Å². The molecule has 0 spiro atoms. The average molecular weight is 272 g/mol. The first kappa shape index (κ1) is 13.7. The van der Waals surface area contributed by atoms with E-state index in [-0.39, 0.29) is 31.5 Å². The van der Waals surface area contributed by atoms with Gasteiger partial charge in [0.05, 0.1) is 17.2 Å². The van der Waals surface area contributed by atoms with Crippen molar-refractivity contribution in [1.29, 1.82) is 5.26 Å². The van der Waals surface area contributed by atoms with Crippen molar-refractivity contribution in [3.8, 4) is 6.07 Å². The Balaban J connectivity index is 2.12. The smallest absolute Gasteiger partial charge is 0.370 e. The molecule has 0 N–H and O–H groups in total. The first-order valence-corrected chi connectivity index (χ1v) is 5.93. The summed E-state index contributed by atoms with van der Waals surface area (Å²) in [5.74, 6) is -1.81. The molecular formula is C13H12F4N2. The molecule has 1 aliphatic rings. The topological polar surface area (TPSA) is 27.0 Å². The van der Waals surface area contributed by atoms with Crippen molar-refractivity contribution in [3.63, 3.8) is 0 Å². The van der Waals surface area contributed by atoms with Crippen LogP contribution in [0.1, 0.15) is 18.4 Å². The summed E-state index contributed by atoms with van der Waals surface area (Å²) in [6.45, 7) is 0.453. The summed E-state index contributed by atoms with van der Waals surface area (Å²) in [6.07, 6.45) is -4.15. The van der Waals surface area contributed by atoms with Crippen molar-refractivity contribution in [2.24, 2.45) is 5.92 Å². The van der Waals surface area contributed by atoms with Crippen LogP contribution in [0.25, 0.3) is 0 Å². The Hall–Kier alpha value is -1.77. The Bertz CT molecular complexity index is 496. The molecule has 0 atom stereocenters. The van der Waals surface area contributed by atoms with E-state index < -0.39 is 17.9 Å². The van der Waals surface area contributed by atoms with E-state index in [0.29, 0.717) is 5.69 Å². The van der Waals surface area contributed by atoms with Crippen molar-refractivity contribution in [2.45, 2.75) is 19.0 Å². The number of anilines is 1. The Morgan fingerprint density at radius 1 is 1.21 bits per heavy atom. The summed E-state index contributed by atoms with van der Waals surface area (Å²) >= 11 is 0. The zero-order valence-electron chi connectivity index (χ0n) is 10.0. The fourth-order valence-corrected chi connectivity index (χ4v) is 2.32. The molecule has 2 nitrogen and oxygen atoms in total. The number of benzene rings is 1. The lowest BCUT2D eigenvalue weighted by atomic mass is 9.95. The number of rotatable bonds is 1. The van der Waals surface area contributed by atoms with E-state index >= 15 is 0 Å². The van der Waals surface area contributed by atoms with Crippen LogP contribution in [0.5, 0.6) is 0 Å².